The predicted molar refractivity (Wildman–Crippen MR) is 242 cm³/mol. The van der Waals surface area contributed by atoms with Gasteiger partial charge in [-0.05, 0) is 160 Å². The van der Waals surface area contributed by atoms with E-state index in [0.717, 1.165) is 82.1 Å². The van der Waals surface area contributed by atoms with Gasteiger partial charge in [-0.15, -0.1) is 0 Å². The van der Waals surface area contributed by atoms with E-state index in [9.17, 15) is 0 Å². The van der Waals surface area contributed by atoms with E-state index in [1.807, 2.05) is 0 Å². The van der Waals surface area contributed by atoms with Crippen LogP contribution < -0.4 is 0 Å². The Bertz CT molecular complexity index is 1520. The number of benzene rings is 2. The van der Waals surface area contributed by atoms with E-state index in [0.29, 0.717) is 0 Å². The molecule has 0 bridgehead atoms. The van der Waals surface area contributed by atoms with Gasteiger partial charge in [0.05, 0.1) is 8.07 Å². The van der Waals surface area contributed by atoms with E-state index in [-0.39, 0.29) is 25.7 Å². The van der Waals surface area contributed by atoms with Gasteiger partial charge >= 0.3 is 37.9 Å². The van der Waals surface area contributed by atoms with Crippen LogP contribution in [-0.4, -0.2) is 8.07 Å². The molecule has 8 rings (SSSR count). The molecule has 0 radical (unpaired) electrons. The van der Waals surface area contributed by atoms with Crippen molar-refractivity contribution in [3.8, 4) is 0 Å². The van der Waals surface area contributed by atoms with Crippen molar-refractivity contribution in [3.63, 3.8) is 0 Å². The third kappa shape index (κ3) is 8.96. The molecule has 14 atom stereocenters. The average Bonchev–Trinajstić information content (AvgIpc) is 3.88. The second-order valence-corrected chi connectivity index (χ2v) is 31.1. The Hall–Kier alpha value is 0.120. The summed E-state index contributed by atoms with van der Waals surface area (Å²) in [5.41, 5.74) is 8.84. The van der Waals surface area contributed by atoms with Crippen LogP contribution in [0.3, 0.4) is 0 Å². The average molecular weight is 883 g/mol. The van der Waals surface area contributed by atoms with E-state index in [1.54, 1.807) is 24.0 Å². The zero-order chi connectivity index (χ0) is 38.0. The third-order valence-corrected chi connectivity index (χ3v) is 22.7. The van der Waals surface area contributed by atoms with Gasteiger partial charge in [-0.1, -0.05) is 143 Å². The molecule has 4 heteroatoms. The molecule has 0 spiro atoms. The van der Waals surface area contributed by atoms with Gasteiger partial charge in [0, 0.05) is 0 Å². The van der Waals surface area contributed by atoms with Crippen molar-refractivity contribution in [2.45, 2.75) is 167 Å². The van der Waals surface area contributed by atoms with Crippen LogP contribution in [0.4, 0.5) is 0 Å². The topological polar surface area (TPSA) is 0 Å². The molecule has 14 unspecified atom stereocenters. The fourth-order valence-electron chi connectivity index (χ4n) is 15.7. The SMILES string of the molecule is CC1CC2C(Cc3ccc(C(C)(C)C)cc3)C3CCCC3CC2C1[Si](C)(C)C1C(C)CC2C1CC1CCCC1C2c1ccc(C(C)(C)C)cc1.[CH3-].[CH3-].[Cl][Zr+2][Cl]. The molecule has 2 aromatic rings. The number of hydrogen-bond donors (Lipinski definition) is 0. The van der Waals surface area contributed by atoms with Crippen LogP contribution >= 0.6 is 17.0 Å². The Morgan fingerprint density at radius 2 is 1.02 bits per heavy atom. The van der Waals surface area contributed by atoms with Crippen LogP contribution in [0.1, 0.15) is 148 Å². The van der Waals surface area contributed by atoms with E-state index >= 15 is 0 Å². The van der Waals surface area contributed by atoms with Gasteiger partial charge in [-0.3, -0.25) is 0 Å². The van der Waals surface area contributed by atoms with Crippen molar-refractivity contribution in [1.82, 2.24) is 0 Å². The molecule has 6 aliphatic carbocycles. The Morgan fingerprint density at radius 3 is 1.53 bits per heavy atom. The standard InChI is InChI=1S/C49H74Si.2CH3.2ClH.Zr/c1-30-25-40-41(27-32-17-21-36(22-18-32)48(3,4)5)38-15-11-13-34(38)28-43(40)46(30)50(9,10)47-31(2)26-42-44(47)29-35-14-12-16-39(35)45(42)33-19-23-37(24-20-33)49(6,7)8;;;;;/h17-24,30-31,34-35,38-47H,11-16,25-29H2,1-10H3;2*1H3;2*1H;/q;2*-1;;;+4/p-2. The number of hydrogen-bond acceptors (Lipinski definition) is 0. The monoisotopic (exact) mass is 880 g/mol. The molecule has 6 saturated carbocycles. The minimum absolute atomic E-state index is 0. The number of halogens is 2. The molecule has 0 aliphatic heterocycles. The van der Waals surface area contributed by atoms with Crippen LogP contribution in [-0.2, 0) is 38.1 Å². The first-order valence-electron chi connectivity index (χ1n) is 22.2. The summed E-state index contributed by atoms with van der Waals surface area (Å²) in [5, 5.41) is 0. The molecule has 306 valence electrons. The van der Waals surface area contributed by atoms with Gasteiger partial charge in [0.1, 0.15) is 0 Å². The molecule has 0 amide bonds. The summed E-state index contributed by atoms with van der Waals surface area (Å²) in [7, 11) is 8.29. The minimum atomic E-state index is -1.58. The predicted octanol–water partition coefficient (Wildman–Crippen LogP) is 16.1. The van der Waals surface area contributed by atoms with Crippen molar-refractivity contribution >= 4 is 25.1 Å². The molecule has 0 heterocycles. The molecule has 0 N–H and O–H groups in total. The Kier molecular flexibility index (Phi) is 15.1. The van der Waals surface area contributed by atoms with Crippen molar-refractivity contribution in [3.05, 3.63) is 85.6 Å². The molecule has 0 nitrogen and oxygen atoms in total. The second kappa shape index (κ2) is 18.0. The summed E-state index contributed by atoms with van der Waals surface area (Å²) in [4.78, 5) is 0. The third-order valence-electron chi connectivity index (χ3n) is 17.3. The second-order valence-electron chi connectivity index (χ2n) is 22.4. The summed E-state index contributed by atoms with van der Waals surface area (Å²) in [6, 6.07) is 20.2. The molecule has 0 saturated heterocycles. The molecule has 55 heavy (non-hydrogen) atoms. The van der Waals surface area contributed by atoms with Crippen LogP contribution in [0.5, 0.6) is 0 Å². The fraction of sp³-hybridized carbons (Fsp3) is 0.725. The molecule has 0 aromatic heterocycles. The van der Waals surface area contributed by atoms with Crippen molar-refractivity contribution < 1.29 is 20.8 Å². The summed E-state index contributed by atoms with van der Waals surface area (Å²) < 4.78 is 0. The van der Waals surface area contributed by atoms with Gasteiger partial charge in [0.25, 0.3) is 0 Å². The zero-order valence-corrected chi connectivity index (χ0v) is 42.2. The summed E-state index contributed by atoms with van der Waals surface area (Å²) in [6.45, 7) is 25.7. The maximum absolute atomic E-state index is 4.93. The van der Waals surface area contributed by atoms with Crippen LogP contribution in [0.2, 0.25) is 24.2 Å². The van der Waals surface area contributed by atoms with Crippen molar-refractivity contribution in [2.24, 2.45) is 65.1 Å². The first-order valence-corrected chi connectivity index (χ1v) is 31.7. The van der Waals surface area contributed by atoms with Gasteiger partial charge in [-0.2, -0.15) is 0 Å². The molecule has 2 aromatic carbocycles. The quantitative estimate of drug-likeness (QED) is 0.207. The first-order chi connectivity index (χ1) is 25.0. The summed E-state index contributed by atoms with van der Waals surface area (Å²) >= 11 is -0.826. The van der Waals surface area contributed by atoms with Crippen LogP contribution in [0.15, 0.2) is 48.5 Å². The fourth-order valence-corrected chi connectivity index (χ4v) is 22.3. The summed E-state index contributed by atoms with van der Waals surface area (Å²) in [6.07, 6.45) is 16.6. The van der Waals surface area contributed by atoms with E-state index in [1.165, 1.54) is 68.9 Å². The van der Waals surface area contributed by atoms with Crippen LogP contribution in [0, 0.1) is 80.0 Å². The van der Waals surface area contributed by atoms with Crippen LogP contribution in [0.25, 0.3) is 0 Å². The normalized spacial score (nSPS) is 37.9. The Morgan fingerprint density at radius 1 is 0.582 bits per heavy atom. The maximum atomic E-state index is 4.93. The van der Waals surface area contributed by atoms with Gasteiger partial charge in [-0.25, -0.2) is 0 Å². The molecule has 6 aliphatic rings. The van der Waals surface area contributed by atoms with Crippen molar-refractivity contribution in [2.75, 3.05) is 0 Å². The molecular weight excluding hydrogens is 803 g/mol. The zero-order valence-electron chi connectivity index (χ0n) is 37.2. The Balaban J connectivity index is 0.00000112. The van der Waals surface area contributed by atoms with Gasteiger partial charge < -0.3 is 14.9 Å². The first kappa shape index (κ1) is 46.2. The molecule has 6 fully saturated rings. The van der Waals surface area contributed by atoms with Crippen molar-refractivity contribution in [1.29, 1.82) is 0 Å². The van der Waals surface area contributed by atoms with E-state index in [2.05, 4.69) is 117 Å². The Labute approximate surface area is 360 Å². The number of rotatable bonds is 5. The van der Waals surface area contributed by atoms with E-state index < -0.39 is 28.9 Å². The summed E-state index contributed by atoms with van der Waals surface area (Å²) in [5.74, 6) is 11.4. The van der Waals surface area contributed by atoms with E-state index in [4.69, 9.17) is 17.0 Å². The van der Waals surface area contributed by atoms with Gasteiger partial charge in [0.2, 0.25) is 0 Å². The van der Waals surface area contributed by atoms with Gasteiger partial charge in [0.15, 0.2) is 0 Å². The molecular formula is C51H80Cl2SiZr. The number of fused-ring (bicyclic) bond motifs is 4.